The van der Waals surface area contributed by atoms with Gasteiger partial charge in [-0.25, -0.2) is 4.79 Å². The standard InChI is InChI=1S/C14H17NO3S/c1-9(16)15-13(14(17)18)8-19-12-6-5-10-3-2-4-11(10)7-12/h5-7,13H,2-4,8H2,1H3,(H,15,16)(H,17,18). The van der Waals surface area contributed by atoms with Gasteiger partial charge in [-0.3, -0.25) is 4.79 Å². The summed E-state index contributed by atoms with van der Waals surface area (Å²) in [5, 5.41) is 11.5. The van der Waals surface area contributed by atoms with E-state index in [2.05, 4.69) is 17.4 Å². The van der Waals surface area contributed by atoms with E-state index in [0.29, 0.717) is 5.75 Å². The minimum Gasteiger partial charge on any atom is -0.480 e. The summed E-state index contributed by atoms with van der Waals surface area (Å²) in [6.07, 6.45) is 3.45. The van der Waals surface area contributed by atoms with Crippen molar-refractivity contribution in [1.82, 2.24) is 5.32 Å². The Balaban J connectivity index is 1.97. The summed E-state index contributed by atoms with van der Waals surface area (Å²) < 4.78 is 0. The predicted molar refractivity (Wildman–Crippen MR) is 74.4 cm³/mol. The van der Waals surface area contributed by atoms with E-state index in [1.807, 2.05) is 6.07 Å². The lowest BCUT2D eigenvalue weighted by atomic mass is 10.1. The lowest BCUT2D eigenvalue weighted by molar-refractivity contribution is -0.140. The predicted octanol–water partition coefficient (Wildman–Crippen LogP) is 1.86. The first-order chi connectivity index (χ1) is 9.06. The van der Waals surface area contributed by atoms with Crippen LogP contribution in [0.3, 0.4) is 0 Å². The van der Waals surface area contributed by atoms with Crippen LogP contribution in [0.25, 0.3) is 0 Å². The fourth-order valence-electron chi connectivity index (χ4n) is 2.24. The van der Waals surface area contributed by atoms with Gasteiger partial charge in [0, 0.05) is 17.6 Å². The van der Waals surface area contributed by atoms with E-state index in [9.17, 15) is 9.59 Å². The molecule has 0 bridgehead atoms. The van der Waals surface area contributed by atoms with Gasteiger partial charge in [-0.2, -0.15) is 0 Å². The van der Waals surface area contributed by atoms with Gasteiger partial charge in [0.25, 0.3) is 0 Å². The molecular formula is C14H17NO3S. The number of thioether (sulfide) groups is 1. The van der Waals surface area contributed by atoms with Crippen molar-refractivity contribution in [3.05, 3.63) is 29.3 Å². The summed E-state index contributed by atoms with van der Waals surface area (Å²) in [4.78, 5) is 23.0. The van der Waals surface area contributed by atoms with Gasteiger partial charge in [-0.15, -0.1) is 11.8 Å². The molecule has 1 atom stereocenters. The van der Waals surface area contributed by atoms with E-state index in [0.717, 1.165) is 17.7 Å². The molecule has 0 aliphatic heterocycles. The molecule has 2 N–H and O–H groups in total. The Morgan fingerprint density at radius 1 is 1.37 bits per heavy atom. The Kier molecular flexibility index (Phi) is 4.47. The normalized spacial score (nSPS) is 14.8. The second-order valence-corrected chi connectivity index (χ2v) is 5.78. The molecule has 19 heavy (non-hydrogen) atoms. The molecule has 0 spiro atoms. The van der Waals surface area contributed by atoms with Gasteiger partial charge in [0.05, 0.1) is 0 Å². The number of rotatable bonds is 5. The van der Waals surface area contributed by atoms with Crippen LogP contribution in [-0.2, 0) is 22.4 Å². The molecule has 1 unspecified atom stereocenters. The zero-order valence-electron chi connectivity index (χ0n) is 10.8. The van der Waals surface area contributed by atoms with E-state index < -0.39 is 12.0 Å². The number of nitrogens with one attached hydrogen (secondary N) is 1. The number of aryl methyl sites for hydroxylation is 2. The van der Waals surface area contributed by atoms with Gasteiger partial charge in [0.2, 0.25) is 5.91 Å². The third-order valence-electron chi connectivity index (χ3n) is 3.16. The third-order valence-corrected chi connectivity index (χ3v) is 4.25. The van der Waals surface area contributed by atoms with Crippen LogP contribution in [-0.4, -0.2) is 28.8 Å². The monoisotopic (exact) mass is 279 g/mol. The lowest BCUT2D eigenvalue weighted by Gasteiger charge is -2.13. The molecule has 0 heterocycles. The highest BCUT2D eigenvalue weighted by atomic mass is 32.2. The number of carboxylic acids is 1. The number of carboxylic acid groups (broad SMARTS) is 1. The number of hydrogen-bond acceptors (Lipinski definition) is 3. The highest BCUT2D eigenvalue weighted by Crippen LogP contribution is 2.27. The summed E-state index contributed by atoms with van der Waals surface area (Å²) in [6.45, 7) is 1.33. The van der Waals surface area contributed by atoms with Crippen LogP contribution in [0, 0.1) is 0 Å². The number of carbonyl (C=O) groups excluding carboxylic acids is 1. The van der Waals surface area contributed by atoms with Gasteiger partial charge >= 0.3 is 5.97 Å². The van der Waals surface area contributed by atoms with Crippen molar-refractivity contribution in [1.29, 1.82) is 0 Å². The highest BCUT2D eigenvalue weighted by molar-refractivity contribution is 7.99. The van der Waals surface area contributed by atoms with Gasteiger partial charge in [0.1, 0.15) is 6.04 Å². The first-order valence-electron chi connectivity index (χ1n) is 6.31. The van der Waals surface area contributed by atoms with E-state index in [1.54, 1.807) is 0 Å². The topological polar surface area (TPSA) is 66.4 Å². The van der Waals surface area contributed by atoms with E-state index in [-0.39, 0.29) is 5.91 Å². The number of hydrogen-bond donors (Lipinski definition) is 2. The van der Waals surface area contributed by atoms with Crippen LogP contribution in [0.4, 0.5) is 0 Å². The Hall–Kier alpha value is -1.49. The molecule has 1 amide bonds. The summed E-state index contributed by atoms with van der Waals surface area (Å²) in [5.74, 6) is -0.973. The van der Waals surface area contributed by atoms with Crippen LogP contribution in [0.2, 0.25) is 0 Å². The molecular weight excluding hydrogens is 262 g/mol. The summed E-state index contributed by atoms with van der Waals surface area (Å²) in [5.41, 5.74) is 2.78. The van der Waals surface area contributed by atoms with Gasteiger partial charge in [-0.1, -0.05) is 6.07 Å². The number of carbonyl (C=O) groups is 2. The minimum absolute atomic E-state index is 0.318. The molecule has 4 nitrogen and oxygen atoms in total. The van der Waals surface area contributed by atoms with Crippen molar-refractivity contribution in [2.75, 3.05) is 5.75 Å². The minimum atomic E-state index is -0.996. The van der Waals surface area contributed by atoms with E-state index >= 15 is 0 Å². The fourth-order valence-corrected chi connectivity index (χ4v) is 3.21. The first-order valence-corrected chi connectivity index (χ1v) is 7.29. The van der Waals surface area contributed by atoms with Gasteiger partial charge < -0.3 is 10.4 Å². The lowest BCUT2D eigenvalue weighted by Crippen LogP contribution is -2.41. The zero-order valence-corrected chi connectivity index (χ0v) is 11.6. The van der Waals surface area contributed by atoms with E-state index in [4.69, 9.17) is 5.11 Å². The van der Waals surface area contributed by atoms with Gasteiger partial charge in [0.15, 0.2) is 0 Å². The van der Waals surface area contributed by atoms with Crippen LogP contribution in [0.5, 0.6) is 0 Å². The summed E-state index contributed by atoms with van der Waals surface area (Å²) in [7, 11) is 0. The molecule has 0 radical (unpaired) electrons. The van der Waals surface area contributed by atoms with E-state index in [1.165, 1.54) is 36.2 Å². The molecule has 0 fully saturated rings. The molecule has 2 rings (SSSR count). The van der Waals surface area contributed by atoms with Gasteiger partial charge in [-0.05, 0) is 42.5 Å². The average Bonchev–Trinajstić information content (AvgIpc) is 2.80. The molecule has 0 saturated carbocycles. The first kappa shape index (κ1) is 13.9. The molecule has 1 aliphatic rings. The maximum atomic E-state index is 11.0. The van der Waals surface area contributed by atoms with Crippen molar-refractivity contribution in [2.45, 2.75) is 37.1 Å². The van der Waals surface area contributed by atoms with Crippen LogP contribution < -0.4 is 5.32 Å². The quantitative estimate of drug-likeness (QED) is 0.807. The van der Waals surface area contributed by atoms with Crippen molar-refractivity contribution < 1.29 is 14.7 Å². The third kappa shape index (κ3) is 3.73. The SMILES string of the molecule is CC(=O)NC(CSc1ccc2c(c1)CCC2)C(=O)O. The van der Waals surface area contributed by atoms with Crippen LogP contribution in [0.15, 0.2) is 23.1 Å². The number of aliphatic carboxylic acids is 1. The molecule has 1 aromatic rings. The zero-order chi connectivity index (χ0) is 13.8. The largest absolute Gasteiger partial charge is 0.480 e. The van der Waals surface area contributed by atoms with Crippen molar-refractivity contribution >= 4 is 23.6 Å². The van der Waals surface area contributed by atoms with Crippen molar-refractivity contribution in [3.8, 4) is 0 Å². The molecule has 1 aromatic carbocycles. The number of fused-ring (bicyclic) bond motifs is 1. The molecule has 0 saturated heterocycles. The maximum Gasteiger partial charge on any atom is 0.327 e. The maximum absolute atomic E-state index is 11.0. The Morgan fingerprint density at radius 3 is 2.79 bits per heavy atom. The smallest absolute Gasteiger partial charge is 0.327 e. The van der Waals surface area contributed by atoms with Crippen LogP contribution in [0.1, 0.15) is 24.5 Å². The number of amides is 1. The molecule has 5 heteroatoms. The Labute approximate surface area is 116 Å². The Morgan fingerprint density at radius 2 is 2.11 bits per heavy atom. The molecule has 1 aliphatic carbocycles. The fraction of sp³-hybridized carbons (Fsp3) is 0.429. The molecule has 102 valence electrons. The second kappa shape index (κ2) is 6.10. The summed E-state index contributed by atoms with van der Waals surface area (Å²) in [6, 6.07) is 5.45. The Bertz CT molecular complexity index is 501. The molecule has 0 aromatic heterocycles. The number of benzene rings is 1. The summed E-state index contributed by atoms with van der Waals surface area (Å²) >= 11 is 1.47. The average molecular weight is 279 g/mol. The second-order valence-electron chi connectivity index (χ2n) is 4.69. The van der Waals surface area contributed by atoms with Crippen molar-refractivity contribution in [3.63, 3.8) is 0 Å². The highest BCUT2D eigenvalue weighted by Gasteiger charge is 2.19. The van der Waals surface area contributed by atoms with Crippen LogP contribution >= 0.6 is 11.8 Å². The van der Waals surface area contributed by atoms with Crippen molar-refractivity contribution in [2.24, 2.45) is 0 Å².